The average Bonchev–Trinajstić information content (AvgIpc) is 2.95. The van der Waals surface area contributed by atoms with E-state index in [4.69, 9.17) is 0 Å². The highest BCUT2D eigenvalue weighted by Crippen LogP contribution is 2.22. The van der Waals surface area contributed by atoms with E-state index >= 15 is 0 Å². The Kier molecular flexibility index (Phi) is 3.84. The second kappa shape index (κ2) is 5.93. The smallest absolute Gasteiger partial charge is 0.161 e. The second-order valence-corrected chi connectivity index (χ2v) is 5.56. The van der Waals surface area contributed by atoms with Crippen molar-refractivity contribution in [3.8, 4) is 0 Å². The predicted octanol–water partition coefficient (Wildman–Crippen LogP) is 3.79. The van der Waals surface area contributed by atoms with Crippen LogP contribution in [0.15, 0.2) is 59.6 Å². The lowest BCUT2D eigenvalue weighted by atomic mass is 10.0. The first-order valence-electron chi connectivity index (χ1n) is 6.48. The summed E-state index contributed by atoms with van der Waals surface area (Å²) in [4.78, 5) is 4.45. The maximum atomic E-state index is 4.45. The Hall–Kier alpha value is -1.74. The number of nitrogens with one attached hydrogen (secondary N) is 1. The number of anilines is 1. The molecule has 2 aromatic rings. The Labute approximate surface area is 118 Å². The zero-order valence-corrected chi connectivity index (χ0v) is 11.5. The van der Waals surface area contributed by atoms with Crippen LogP contribution in [-0.4, -0.2) is 17.5 Å². The van der Waals surface area contributed by atoms with E-state index in [2.05, 4.69) is 64.9 Å². The van der Waals surface area contributed by atoms with E-state index in [9.17, 15) is 0 Å². The fraction of sp³-hybridized carbons (Fsp3) is 0.188. The van der Waals surface area contributed by atoms with Crippen LogP contribution < -0.4 is 5.32 Å². The highest BCUT2D eigenvalue weighted by Gasteiger charge is 2.09. The average molecular weight is 268 g/mol. The molecule has 96 valence electrons. The van der Waals surface area contributed by atoms with Gasteiger partial charge < -0.3 is 5.32 Å². The molecule has 0 saturated carbocycles. The van der Waals surface area contributed by atoms with Crippen molar-refractivity contribution in [3.05, 3.63) is 65.7 Å². The molecule has 0 atom stereocenters. The van der Waals surface area contributed by atoms with Crippen LogP contribution >= 0.6 is 11.8 Å². The Bertz CT molecular complexity index is 578. The van der Waals surface area contributed by atoms with Gasteiger partial charge in [-0.25, -0.2) is 0 Å². The molecule has 0 saturated heterocycles. The Morgan fingerprint density at radius 2 is 1.79 bits per heavy atom. The molecular weight excluding hydrogens is 252 g/mol. The van der Waals surface area contributed by atoms with Gasteiger partial charge in [0, 0.05) is 11.4 Å². The highest BCUT2D eigenvalue weighted by atomic mass is 32.2. The summed E-state index contributed by atoms with van der Waals surface area (Å²) in [5, 5.41) is 4.48. The van der Waals surface area contributed by atoms with Gasteiger partial charge in [-0.2, -0.15) is 0 Å². The summed E-state index contributed by atoms with van der Waals surface area (Å²) in [6.07, 6.45) is 0.946. The van der Waals surface area contributed by atoms with Crippen molar-refractivity contribution in [2.45, 2.75) is 6.42 Å². The monoisotopic (exact) mass is 268 g/mol. The predicted molar refractivity (Wildman–Crippen MR) is 84.1 cm³/mol. The lowest BCUT2D eigenvalue weighted by Gasteiger charge is -2.11. The summed E-state index contributed by atoms with van der Waals surface area (Å²) in [5.41, 5.74) is 3.81. The molecule has 1 N–H and O–H groups in total. The minimum absolute atomic E-state index is 0.924. The molecule has 0 bridgehead atoms. The van der Waals surface area contributed by atoms with Crippen LogP contribution in [0.1, 0.15) is 11.1 Å². The van der Waals surface area contributed by atoms with Crippen LogP contribution in [0, 0.1) is 0 Å². The standard InChI is InChI=1S/C16H16N2S/c1-2-6-13(7-3-1)12-14-8-4-5-9-15(14)18-16-17-10-11-19-16/h1-9H,10-12H2,(H,17,18). The third-order valence-electron chi connectivity index (χ3n) is 3.08. The van der Waals surface area contributed by atoms with E-state index in [1.807, 2.05) is 0 Å². The molecule has 0 spiro atoms. The first-order valence-corrected chi connectivity index (χ1v) is 7.46. The molecule has 2 nitrogen and oxygen atoms in total. The largest absolute Gasteiger partial charge is 0.335 e. The van der Waals surface area contributed by atoms with E-state index in [1.165, 1.54) is 16.8 Å². The molecule has 3 rings (SSSR count). The van der Waals surface area contributed by atoms with Crippen LogP contribution in [0.4, 0.5) is 5.69 Å². The zero-order valence-electron chi connectivity index (χ0n) is 10.7. The van der Waals surface area contributed by atoms with Gasteiger partial charge in [-0.3, -0.25) is 4.99 Å². The van der Waals surface area contributed by atoms with E-state index in [-0.39, 0.29) is 0 Å². The van der Waals surface area contributed by atoms with E-state index in [1.54, 1.807) is 11.8 Å². The molecule has 1 aliphatic heterocycles. The minimum Gasteiger partial charge on any atom is -0.335 e. The Morgan fingerprint density at radius 1 is 1.00 bits per heavy atom. The summed E-state index contributed by atoms with van der Waals surface area (Å²) in [6.45, 7) is 0.924. The Morgan fingerprint density at radius 3 is 2.58 bits per heavy atom. The fourth-order valence-corrected chi connectivity index (χ4v) is 2.88. The van der Waals surface area contributed by atoms with E-state index in [0.717, 1.165) is 23.9 Å². The number of benzene rings is 2. The first-order chi connectivity index (χ1) is 9.42. The van der Waals surface area contributed by atoms with Crippen molar-refractivity contribution in [3.63, 3.8) is 0 Å². The number of rotatable bonds is 3. The summed E-state index contributed by atoms with van der Waals surface area (Å²) in [5.74, 6) is 1.09. The summed E-state index contributed by atoms with van der Waals surface area (Å²) >= 11 is 1.79. The van der Waals surface area contributed by atoms with E-state index in [0.29, 0.717) is 0 Å². The number of hydrogen-bond acceptors (Lipinski definition) is 3. The SMILES string of the molecule is c1ccc(Cc2ccccc2NC2=NCCS2)cc1. The van der Waals surface area contributed by atoms with Gasteiger partial charge in [0.25, 0.3) is 0 Å². The molecule has 1 aliphatic rings. The number of para-hydroxylation sites is 1. The summed E-state index contributed by atoms with van der Waals surface area (Å²) in [7, 11) is 0. The number of hydrogen-bond donors (Lipinski definition) is 1. The van der Waals surface area contributed by atoms with Gasteiger partial charge in [-0.05, 0) is 23.6 Å². The number of amidine groups is 1. The topological polar surface area (TPSA) is 24.4 Å². The van der Waals surface area contributed by atoms with Crippen molar-refractivity contribution in [2.75, 3.05) is 17.6 Å². The van der Waals surface area contributed by atoms with Crippen molar-refractivity contribution in [1.29, 1.82) is 0 Å². The van der Waals surface area contributed by atoms with Gasteiger partial charge in [-0.15, -0.1) is 0 Å². The number of thioether (sulfide) groups is 1. The lowest BCUT2D eigenvalue weighted by Crippen LogP contribution is -2.07. The van der Waals surface area contributed by atoms with Crippen LogP contribution in [0.5, 0.6) is 0 Å². The molecular formula is C16H16N2S. The van der Waals surface area contributed by atoms with Crippen molar-refractivity contribution in [2.24, 2.45) is 4.99 Å². The van der Waals surface area contributed by atoms with Crippen LogP contribution in [0.3, 0.4) is 0 Å². The maximum Gasteiger partial charge on any atom is 0.161 e. The maximum absolute atomic E-state index is 4.45. The lowest BCUT2D eigenvalue weighted by molar-refractivity contribution is 1.17. The van der Waals surface area contributed by atoms with Gasteiger partial charge in [0.05, 0.1) is 6.54 Å². The third kappa shape index (κ3) is 3.18. The van der Waals surface area contributed by atoms with Gasteiger partial charge >= 0.3 is 0 Å². The zero-order chi connectivity index (χ0) is 12.9. The van der Waals surface area contributed by atoms with Crippen molar-refractivity contribution in [1.82, 2.24) is 0 Å². The third-order valence-corrected chi connectivity index (χ3v) is 3.97. The van der Waals surface area contributed by atoms with Crippen molar-refractivity contribution >= 4 is 22.6 Å². The molecule has 2 aromatic carbocycles. The fourth-order valence-electron chi connectivity index (χ4n) is 2.14. The molecule has 0 amide bonds. The quantitative estimate of drug-likeness (QED) is 0.916. The first kappa shape index (κ1) is 12.3. The summed E-state index contributed by atoms with van der Waals surface area (Å²) in [6, 6.07) is 19.0. The molecule has 0 fully saturated rings. The minimum atomic E-state index is 0.924. The van der Waals surface area contributed by atoms with Crippen molar-refractivity contribution < 1.29 is 0 Å². The van der Waals surface area contributed by atoms with Crippen LogP contribution in [0.2, 0.25) is 0 Å². The van der Waals surface area contributed by atoms with E-state index < -0.39 is 0 Å². The van der Waals surface area contributed by atoms with Crippen LogP contribution in [0.25, 0.3) is 0 Å². The van der Waals surface area contributed by atoms with Gasteiger partial charge in [-0.1, -0.05) is 60.3 Å². The molecule has 0 aromatic heterocycles. The molecule has 19 heavy (non-hydrogen) atoms. The highest BCUT2D eigenvalue weighted by molar-refractivity contribution is 8.14. The number of nitrogens with zero attached hydrogens (tertiary/aromatic N) is 1. The van der Waals surface area contributed by atoms with Crippen LogP contribution in [-0.2, 0) is 6.42 Å². The second-order valence-electron chi connectivity index (χ2n) is 4.48. The molecule has 0 unspecified atom stereocenters. The molecule has 0 aliphatic carbocycles. The normalized spacial score (nSPS) is 14.2. The summed E-state index contributed by atoms with van der Waals surface area (Å²) < 4.78 is 0. The molecule has 1 heterocycles. The molecule has 3 heteroatoms. The van der Waals surface area contributed by atoms with Gasteiger partial charge in [0.15, 0.2) is 5.17 Å². The molecule has 0 radical (unpaired) electrons. The van der Waals surface area contributed by atoms with Gasteiger partial charge in [0.1, 0.15) is 0 Å². The van der Waals surface area contributed by atoms with Gasteiger partial charge in [0.2, 0.25) is 0 Å². The number of aliphatic imine (C=N–C) groups is 1. The Balaban J connectivity index is 1.81.